The number of hydrogen-bond acceptors (Lipinski definition) is 10. The quantitative estimate of drug-likeness (QED) is 0.320. The van der Waals surface area contributed by atoms with Crippen LogP contribution < -0.4 is 24.3 Å². The van der Waals surface area contributed by atoms with Crippen LogP contribution in [-0.4, -0.2) is 59.4 Å². The van der Waals surface area contributed by atoms with Crippen molar-refractivity contribution >= 4 is 17.7 Å². The predicted molar refractivity (Wildman–Crippen MR) is 154 cm³/mol. The number of esters is 2. The maximum atomic E-state index is 14.6. The molecular formula is C32H37NO9. The van der Waals surface area contributed by atoms with E-state index in [-0.39, 0.29) is 24.4 Å². The highest BCUT2D eigenvalue weighted by atomic mass is 16.5. The van der Waals surface area contributed by atoms with Gasteiger partial charge in [-0.1, -0.05) is 18.2 Å². The molecule has 2 aromatic rings. The Morgan fingerprint density at radius 3 is 2.07 bits per heavy atom. The highest BCUT2D eigenvalue weighted by Gasteiger charge is 2.50. The molecule has 0 aromatic heterocycles. The number of rotatable bonds is 10. The minimum atomic E-state index is -1.17. The molecule has 1 aliphatic carbocycles. The van der Waals surface area contributed by atoms with Gasteiger partial charge in [0, 0.05) is 28.8 Å². The molecule has 0 spiro atoms. The van der Waals surface area contributed by atoms with E-state index in [2.05, 4.69) is 5.32 Å². The van der Waals surface area contributed by atoms with Crippen LogP contribution in [-0.2, 0) is 23.9 Å². The lowest BCUT2D eigenvalue weighted by Gasteiger charge is -2.39. The van der Waals surface area contributed by atoms with E-state index in [9.17, 15) is 14.4 Å². The van der Waals surface area contributed by atoms with Crippen LogP contribution in [0.5, 0.6) is 23.0 Å². The standard InChI is InChI=1S/C32H37NO9/c1-8-41-31(35)25-17(3)33-21-16-20(19-12-10-11-13-22(19)37-4)27(32(36)42-9-2)29(34)28(21)26(25)18-14-23(38-5)30(40-7)24(15-18)39-6/h10-15,20,26-27,33H,8-9,16H2,1-7H3/t20-,26+,27-/m1/s1. The third kappa shape index (κ3) is 5.41. The number of Topliss-reactive ketones (excluding diaryl/α,β-unsaturated/α-hetero) is 1. The molecule has 0 saturated carbocycles. The number of ketones is 1. The van der Waals surface area contributed by atoms with Gasteiger partial charge >= 0.3 is 11.9 Å². The van der Waals surface area contributed by atoms with E-state index in [0.29, 0.717) is 51.9 Å². The zero-order valence-electron chi connectivity index (χ0n) is 25.0. The second-order valence-corrected chi connectivity index (χ2v) is 9.81. The summed E-state index contributed by atoms with van der Waals surface area (Å²) in [6, 6.07) is 10.7. The average Bonchev–Trinajstić information content (AvgIpc) is 2.99. The van der Waals surface area contributed by atoms with Gasteiger partial charge in [0.05, 0.1) is 47.2 Å². The summed E-state index contributed by atoms with van der Waals surface area (Å²) < 4.78 is 33.2. The second kappa shape index (κ2) is 13.0. The number of benzene rings is 2. The Morgan fingerprint density at radius 1 is 0.881 bits per heavy atom. The number of carbonyl (C=O) groups is 3. The van der Waals surface area contributed by atoms with E-state index in [1.54, 1.807) is 46.1 Å². The van der Waals surface area contributed by atoms with Gasteiger partial charge in [-0.05, 0) is 56.5 Å². The van der Waals surface area contributed by atoms with E-state index < -0.39 is 35.5 Å². The van der Waals surface area contributed by atoms with Crippen molar-refractivity contribution in [1.29, 1.82) is 0 Å². The number of nitrogens with one attached hydrogen (secondary N) is 1. The van der Waals surface area contributed by atoms with Crippen LogP contribution in [0.4, 0.5) is 0 Å². The summed E-state index contributed by atoms with van der Waals surface area (Å²) in [4.78, 5) is 41.5. The maximum absolute atomic E-state index is 14.6. The Kier molecular flexibility index (Phi) is 9.45. The molecule has 1 heterocycles. The maximum Gasteiger partial charge on any atom is 0.336 e. The molecule has 0 amide bonds. The molecule has 1 aliphatic heterocycles. The molecule has 1 N–H and O–H groups in total. The first-order chi connectivity index (χ1) is 20.3. The highest BCUT2D eigenvalue weighted by molar-refractivity contribution is 6.13. The van der Waals surface area contributed by atoms with Crippen molar-refractivity contribution < 1.29 is 42.8 Å². The van der Waals surface area contributed by atoms with Gasteiger partial charge in [0.15, 0.2) is 17.3 Å². The molecule has 4 rings (SSSR count). The molecule has 2 aliphatic rings. The molecule has 224 valence electrons. The molecular weight excluding hydrogens is 542 g/mol. The SMILES string of the molecule is CCOC(=O)C1=C(C)NC2=C(C(=O)[C@H](C(=O)OCC)[C@@H](c3ccccc3OC)C2)[C@H]1c1cc(OC)c(OC)c(OC)c1. The second-order valence-electron chi connectivity index (χ2n) is 9.81. The van der Waals surface area contributed by atoms with Crippen molar-refractivity contribution in [3.63, 3.8) is 0 Å². The number of dihydropyridines is 1. The first-order valence-electron chi connectivity index (χ1n) is 13.8. The summed E-state index contributed by atoms with van der Waals surface area (Å²) in [6.45, 7) is 5.41. The van der Waals surface area contributed by atoms with E-state index in [1.165, 1.54) is 21.3 Å². The lowest BCUT2D eigenvalue weighted by molar-refractivity contribution is -0.152. The largest absolute Gasteiger partial charge is 0.496 e. The minimum absolute atomic E-state index is 0.106. The molecule has 0 bridgehead atoms. The minimum Gasteiger partial charge on any atom is -0.496 e. The van der Waals surface area contributed by atoms with Crippen LogP contribution in [0.3, 0.4) is 0 Å². The van der Waals surface area contributed by atoms with Crippen molar-refractivity contribution in [2.75, 3.05) is 41.7 Å². The lowest BCUT2D eigenvalue weighted by atomic mass is 9.67. The molecule has 42 heavy (non-hydrogen) atoms. The van der Waals surface area contributed by atoms with Crippen LogP contribution in [0.25, 0.3) is 0 Å². The Bertz CT molecular complexity index is 1420. The Labute approximate surface area is 245 Å². The lowest BCUT2D eigenvalue weighted by Crippen LogP contribution is -2.43. The highest BCUT2D eigenvalue weighted by Crippen LogP contribution is 2.51. The van der Waals surface area contributed by atoms with Crippen molar-refractivity contribution in [1.82, 2.24) is 5.32 Å². The van der Waals surface area contributed by atoms with E-state index in [1.807, 2.05) is 18.2 Å². The third-order valence-corrected chi connectivity index (χ3v) is 7.61. The van der Waals surface area contributed by atoms with Crippen LogP contribution in [0, 0.1) is 5.92 Å². The zero-order chi connectivity index (χ0) is 30.6. The summed E-state index contributed by atoms with van der Waals surface area (Å²) in [5.74, 6) is -2.69. The van der Waals surface area contributed by atoms with E-state index in [0.717, 1.165) is 0 Å². The fraction of sp³-hybridized carbons (Fsp3) is 0.406. The fourth-order valence-corrected chi connectivity index (χ4v) is 5.88. The van der Waals surface area contributed by atoms with Gasteiger partial charge in [0.2, 0.25) is 5.75 Å². The molecule has 0 radical (unpaired) electrons. The van der Waals surface area contributed by atoms with Gasteiger partial charge in [-0.15, -0.1) is 0 Å². The average molecular weight is 580 g/mol. The summed E-state index contributed by atoms with van der Waals surface area (Å²) in [5.41, 5.74) is 2.90. The van der Waals surface area contributed by atoms with Gasteiger partial charge in [-0.3, -0.25) is 9.59 Å². The van der Waals surface area contributed by atoms with Crippen LogP contribution in [0.1, 0.15) is 50.2 Å². The zero-order valence-corrected chi connectivity index (χ0v) is 25.0. The molecule has 10 nitrogen and oxygen atoms in total. The number of ether oxygens (including phenoxy) is 6. The van der Waals surface area contributed by atoms with Crippen molar-refractivity contribution in [3.05, 3.63) is 70.1 Å². The van der Waals surface area contributed by atoms with Gasteiger partial charge in [-0.2, -0.15) is 0 Å². The van der Waals surface area contributed by atoms with E-state index in [4.69, 9.17) is 28.4 Å². The van der Waals surface area contributed by atoms with Crippen molar-refractivity contribution in [3.8, 4) is 23.0 Å². The first kappa shape index (κ1) is 30.5. The molecule has 0 fully saturated rings. The van der Waals surface area contributed by atoms with Crippen LogP contribution in [0.2, 0.25) is 0 Å². The number of para-hydroxylation sites is 1. The molecule has 0 saturated heterocycles. The molecule has 3 atom stereocenters. The smallest absolute Gasteiger partial charge is 0.336 e. The summed E-state index contributed by atoms with van der Waals surface area (Å²) in [7, 11) is 6.02. The van der Waals surface area contributed by atoms with Crippen LogP contribution >= 0.6 is 0 Å². The van der Waals surface area contributed by atoms with Crippen LogP contribution in [0.15, 0.2) is 58.9 Å². The molecule has 0 unspecified atom stereocenters. The Balaban J connectivity index is 1.99. The number of hydrogen-bond donors (Lipinski definition) is 1. The van der Waals surface area contributed by atoms with Crippen molar-refractivity contribution in [2.24, 2.45) is 5.92 Å². The van der Waals surface area contributed by atoms with Gasteiger partial charge < -0.3 is 33.7 Å². The Morgan fingerprint density at radius 2 is 1.50 bits per heavy atom. The normalized spacial score (nSPS) is 19.9. The number of allylic oxidation sites excluding steroid dienone is 3. The summed E-state index contributed by atoms with van der Waals surface area (Å²) >= 11 is 0. The first-order valence-corrected chi connectivity index (χ1v) is 13.8. The topological polar surface area (TPSA) is 119 Å². The number of methoxy groups -OCH3 is 4. The van der Waals surface area contributed by atoms with Crippen molar-refractivity contribution in [2.45, 2.75) is 39.0 Å². The fourth-order valence-electron chi connectivity index (χ4n) is 5.88. The monoisotopic (exact) mass is 579 g/mol. The van der Waals surface area contributed by atoms with E-state index >= 15 is 0 Å². The van der Waals surface area contributed by atoms with Gasteiger partial charge in [0.1, 0.15) is 11.7 Å². The number of carbonyl (C=O) groups excluding carboxylic acids is 3. The Hall–Kier alpha value is -4.47. The summed E-state index contributed by atoms with van der Waals surface area (Å²) in [6.07, 6.45) is 0.291. The van der Waals surface area contributed by atoms with Gasteiger partial charge in [-0.25, -0.2) is 4.79 Å². The molecule has 2 aromatic carbocycles. The molecule has 10 heteroatoms. The summed E-state index contributed by atoms with van der Waals surface area (Å²) in [5, 5.41) is 3.30. The van der Waals surface area contributed by atoms with Gasteiger partial charge in [0.25, 0.3) is 0 Å². The third-order valence-electron chi connectivity index (χ3n) is 7.61. The predicted octanol–water partition coefficient (Wildman–Crippen LogP) is 4.43.